The van der Waals surface area contributed by atoms with Crippen LogP contribution in [0.1, 0.15) is 36.4 Å². The summed E-state index contributed by atoms with van der Waals surface area (Å²) in [5.41, 5.74) is 3.33. The van der Waals surface area contributed by atoms with Crippen molar-refractivity contribution in [3.63, 3.8) is 0 Å². The summed E-state index contributed by atoms with van der Waals surface area (Å²) in [5.74, 6) is 0.706. The van der Waals surface area contributed by atoms with Gasteiger partial charge in [0.25, 0.3) is 0 Å². The van der Waals surface area contributed by atoms with E-state index < -0.39 is 10.0 Å². The third-order valence-corrected chi connectivity index (χ3v) is 6.87. The molecule has 0 N–H and O–H groups in total. The van der Waals surface area contributed by atoms with Crippen LogP contribution in [0.4, 0.5) is 0 Å². The molecule has 0 amide bonds. The standard InChI is InChI=1S/C21H25N3O3S/c1-14(2)24(28(25,26)20-16(4)11-15(3)12-17(20)5)13-19-22-21(23-27-19)18-9-7-6-8-10-18/h6-12,14H,13H2,1-5H3. The van der Waals surface area contributed by atoms with Crippen molar-refractivity contribution in [2.75, 3.05) is 0 Å². The van der Waals surface area contributed by atoms with Crippen LogP contribution in [-0.4, -0.2) is 28.9 Å². The summed E-state index contributed by atoms with van der Waals surface area (Å²) in [4.78, 5) is 4.73. The smallest absolute Gasteiger partial charge is 0.244 e. The van der Waals surface area contributed by atoms with E-state index in [0.29, 0.717) is 10.7 Å². The molecule has 1 aromatic heterocycles. The van der Waals surface area contributed by atoms with E-state index in [2.05, 4.69) is 10.1 Å². The fourth-order valence-electron chi connectivity index (χ4n) is 3.39. The van der Waals surface area contributed by atoms with Crippen LogP contribution in [0.3, 0.4) is 0 Å². The summed E-state index contributed by atoms with van der Waals surface area (Å²) in [6, 6.07) is 13.0. The van der Waals surface area contributed by atoms with Crippen LogP contribution in [0.5, 0.6) is 0 Å². The van der Waals surface area contributed by atoms with Gasteiger partial charge in [0.05, 0.1) is 11.4 Å². The summed E-state index contributed by atoms with van der Waals surface area (Å²) in [6.07, 6.45) is 0. The van der Waals surface area contributed by atoms with Gasteiger partial charge in [-0.05, 0) is 45.7 Å². The molecule has 0 aliphatic heterocycles. The lowest BCUT2D eigenvalue weighted by Crippen LogP contribution is -2.37. The Labute approximate surface area is 166 Å². The van der Waals surface area contributed by atoms with Crippen LogP contribution in [-0.2, 0) is 16.6 Å². The molecule has 1 heterocycles. The molecule has 0 saturated carbocycles. The zero-order valence-corrected chi connectivity index (χ0v) is 17.6. The molecular formula is C21H25N3O3S. The highest BCUT2D eigenvalue weighted by Crippen LogP contribution is 2.28. The van der Waals surface area contributed by atoms with Gasteiger partial charge in [-0.2, -0.15) is 9.29 Å². The molecular weight excluding hydrogens is 374 g/mol. The molecule has 3 rings (SSSR count). The van der Waals surface area contributed by atoms with Gasteiger partial charge in [0, 0.05) is 11.6 Å². The quantitative estimate of drug-likeness (QED) is 0.619. The lowest BCUT2D eigenvalue weighted by molar-refractivity contribution is 0.286. The van der Waals surface area contributed by atoms with Gasteiger partial charge in [-0.25, -0.2) is 8.42 Å². The minimum Gasteiger partial charge on any atom is -0.338 e. The molecule has 0 fully saturated rings. The second kappa shape index (κ2) is 7.85. The summed E-state index contributed by atoms with van der Waals surface area (Å²) in [7, 11) is -3.73. The maximum Gasteiger partial charge on any atom is 0.244 e. The lowest BCUT2D eigenvalue weighted by Gasteiger charge is -2.26. The van der Waals surface area contributed by atoms with E-state index in [0.717, 1.165) is 22.3 Å². The van der Waals surface area contributed by atoms with Crippen LogP contribution < -0.4 is 0 Å². The average Bonchev–Trinajstić information content (AvgIpc) is 3.07. The molecule has 3 aromatic rings. The largest absolute Gasteiger partial charge is 0.338 e. The molecule has 0 aliphatic rings. The Morgan fingerprint density at radius 3 is 2.21 bits per heavy atom. The molecule has 0 spiro atoms. The van der Waals surface area contributed by atoms with E-state index in [1.807, 2.05) is 77.1 Å². The monoisotopic (exact) mass is 399 g/mol. The summed E-state index contributed by atoms with van der Waals surface area (Å²) in [6.45, 7) is 9.31. The van der Waals surface area contributed by atoms with Crippen molar-refractivity contribution in [1.29, 1.82) is 0 Å². The molecule has 0 atom stereocenters. The highest BCUT2D eigenvalue weighted by molar-refractivity contribution is 7.89. The third kappa shape index (κ3) is 4.00. The molecule has 0 aliphatic carbocycles. The first kappa shape index (κ1) is 20.2. The SMILES string of the molecule is Cc1cc(C)c(S(=O)(=O)N(Cc2nc(-c3ccccc3)no2)C(C)C)c(C)c1. The molecule has 2 aromatic carbocycles. The average molecular weight is 400 g/mol. The Kier molecular flexibility index (Phi) is 5.67. The van der Waals surface area contributed by atoms with Gasteiger partial charge in [0.1, 0.15) is 0 Å². The Bertz CT molecular complexity index is 1050. The predicted molar refractivity (Wildman–Crippen MR) is 108 cm³/mol. The molecule has 6 nitrogen and oxygen atoms in total. The minimum atomic E-state index is -3.73. The predicted octanol–water partition coefficient (Wildman–Crippen LogP) is 4.26. The second-order valence-electron chi connectivity index (χ2n) is 7.25. The fourth-order valence-corrected chi connectivity index (χ4v) is 5.39. The van der Waals surface area contributed by atoms with Crippen LogP contribution in [0.25, 0.3) is 11.4 Å². The summed E-state index contributed by atoms with van der Waals surface area (Å²) < 4.78 is 33.6. The normalized spacial score (nSPS) is 12.1. The van der Waals surface area contributed by atoms with Gasteiger partial charge in [0.15, 0.2) is 0 Å². The topological polar surface area (TPSA) is 76.3 Å². The van der Waals surface area contributed by atoms with E-state index in [-0.39, 0.29) is 18.5 Å². The third-order valence-electron chi connectivity index (χ3n) is 4.54. The van der Waals surface area contributed by atoms with E-state index in [9.17, 15) is 8.42 Å². The van der Waals surface area contributed by atoms with Gasteiger partial charge >= 0.3 is 0 Å². The van der Waals surface area contributed by atoms with Crippen molar-refractivity contribution >= 4 is 10.0 Å². The summed E-state index contributed by atoms with van der Waals surface area (Å²) >= 11 is 0. The summed E-state index contributed by atoms with van der Waals surface area (Å²) in [5, 5.41) is 3.99. The van der Waals surface area contributed by atoms with Crippen molar-refractivity contribution < 1.29 is 12.9 Å². The van der Waals surface area contributed by atoms with E-state index in [4.69, 9.17) is 4.52 Å². The van der Waals surface area contributed by atoms with Crippen molar-refractivity contribution in [3.8, 4) is 11.4 Å². The number of hydrogen-bond acceptors (Lipinski definition) is 5. The highest BCUT2D eigenvalue weighted by Gasteiger charge is 2.31. The van der Waals surface area contributed by atoms with Crippen molar-refractivity contribution in [3.05, 3.63) is 65.0 Å². The Balaban J connectivity index is 1.96. The van der Waals surface area contributed by atoms with Crippen LogP contribution in [0.2, 0.25) is 0 Å². The molecule has 7 heteroatoms. The first-order valence-electron chi connectivity index (χ1n) is 9.18. The number of rotatable bonds is 6. The van der Waals surface area contributed by atoms with Crippen LogP contribution in [0, 0.1) is 20.8 Å². The van der Waals surface area contributed by atoms with Crippen molar-refractivity contribution in [2.24, 2.45) is 0 Å². The second-order valence-corrected chi connectivity index (χ2v) is 9.08. The van der Waals surface area contributed by atoms with Gasteiger partial charge in [-0.15, -0.1) is 0 Å². The van der Waals surface area contributed by atoms with Gasteiger partial charge < -0.3 is 4.52 Å². The number of hydrogen-bond donors (Lipinski definition) is 0. The molecule has 0 saturated heterocycles. The maximum atomic E-state index is 13.4. The minimum absolute atomic E-state index is 0.0204. The number of aryl methyl sites for hydroxylation is 3. The van der Waals surface area contributed by atoms with Crippen LogP contribution in [0.15, 0.2) is 51.9 Å². The van der Waals surface area contributed by atoms with E-state index in [1.54, 1.807) is 0 Å². The first-order chi connectivity index (χ1) is 13.2. The number of nitrogens with zero attached hydrogens (tertiary/aromatic N) is 3. The lowest BCUT2D eigenvalue weighted by atomic mass is 10.1. The number of aromatic nitrogens is 2. The fraction of sp³-hybridized carbons (Fsp3) is 0.333. The Morgan fingerprint density at radius 2 is 1.64 bits per heavy atom. The van der Waals surface area contributed by atoms with Gasteiger partial charge in [0.2, 0.25) is 21.7 Å². The van der Waals surface area contributed by atoms with Gasteiger partial charge in [-0.1, -0.05) is 53.2 Å². The molecule has 0 unspecified atom stereocenters. The van der Waals surface area contributed by atoms with Gasteiger partial charge in [-0.3, -0.25) is 0 Å². The molecule has 148 valence electrons. The van der Waals surface area contributed by atoms with Crippen LogP contribution >= 0.6 is 0 Å². The number of benzene rings is 2. The van der Waals surface area contributed by atoms with E-state index >= 15 is 0 Å². The Morgan fingerprint density at radius 1 is 1.04 bits per heavy atom. The molecule has 0 radical (unpaired) electrons. The Hall–Kier alpha value is -2.51. The first-order valence-corrected chi connectivity index (χ1v) is 10.6. The van der Waals surface area contributed by atoms with Crippen molar-refractivity contribution in [1.82, 2.24) is 14.4 Å². The zero-order chi connectivity index (χ0) is 20.5. The number of sulfonamides is 1. The molecule has 28 heavy (non-hydrogen) atoms. The highest BCUT2D eigenvalue weighted by atomic mass is 32.2. The van der Waals surface area contributed by atoms with Crippen molar-refractivity contribution in [2.45, 2.75) is 52.1 Å². The zero-order valence-electron chi connectivity index (χ0n) is 16.8. The molecule has 0 bridgehead atoms. The van der Waals surface area contributed by atoms with E-state index in [1.165, 1.54) is 4.31 Å². The maximum absolute atomic E-state index is 13.4.